The molecule has 1 atom stereocenters. The van der Waals surface area contributed by atoms with Crippen molar-refractivity contribution in [1.29, 1.82) is 0 Å². The van der Waals surface area contributed by atoms with Gasteiger partial charge in [-0.1, -0.05) is 17.7 Å². The van der Waals surface area contributed by atoms with Gasteiger partial charge in [0.05, 0.1) is 18.3 Å². The smallest absolute Gasteiger partial charge is 0.257 e. The van der Waals surface area contributed by atoms with Crippen LogP contribution in [0.1, 0.15) is 23.7 Å². The Hall–Kier alpha value is -2.01. The number of carbonyl (C=O) groups is 1. The Morgan fingerprint density at radius 1 is 1.50 bits per heavy atom. The van der Waals surface area contributed by atoms with E-state index < -0.39 is 0 Å². The summed E-state index contributed by atoms with van der Waals surface area (Å²) < 4.78 is 7.65. The van der Waals surface area contributed by atoms with Gasteiger partial charge in [-0.3, -0.25) is 9.48 Å². The van der Waals surface area contributed by atoms with Gasteiger partial charge in [-0.25, -0.2) is 0 Å². The van der Waals surface area contributed by atoms with E-state index >= 15 is 0 Å². The number of amides is 1. The fourth-order valence-corrected chi connectivity index (χ4v) is 2.75. The van der Waals surface area contributed by atoms with E-state index in [-0.39, 0.29) is 12.0 Å². The van der Waals surface area contributed by atoms with Crippen molar-refractivity contribution in [3.05, 3.63) is 47.2 Å². The van der Waals surface area contributed by atoms with E-state index in [2.05, 4.69) is 5.10 Å². The van der Waals surface area contributed by atoms with Crippen LogP contribution < -0.4 is 4.74 Å². The zero-order valence-corrected chi connectivity index (χ0v) is 13.2. The molecule has 6 heteroatoms. The van der Waals surface area contributed by atoms with Gasteiger partial charge in [0.1, 0.15) is 11.9 Å². The lowest BCUT2D eigenvalue weighted by Gasteiger charge is -2.16. The predicted octanol–water partition coefficient (Wildman–Crippen LogP) is 2.85. The van der Waals surface area contributed by atoms with Crippen LogP contribution in [-0.4, -0.2) is 39.8 Å². The predicted molar refractivity (Wildman–Crippen MR) is 84.3 cm³/mol. The van der Waals surface area contributed by atoms with E-state index in [0.29, 0.717) is 23.7 Å². The Labute approximate surface area is 134 Å². The Balaban J connectivity index is 1.61. The van der Waals surface area contributed by atoms with Crippen molar-refractivity contribution in [3.63, 3.8) is 0 Å². The number of benzene rings is 1. The molecule has 0 bridgehead atoms. The zero-order valence-electron chi connectivity index (χ0n) is 12.4. The molecule has 2 aromatic rings. The summed E-state index contributed by atoms with van der Waals surface area (Å²) in [6.07, 6.45) is 4.23. The largest absolute Gasteiger partial charge is 0.488 e. The highest BCUT2D eigenvalue weighted by atomic mass is 35.5. The van der Waals surface area contributed by atoms with Gasteiger partial charge in [-0.2, -0.15) is 5.10 Å². The van der Waals surface area contributed by atoms with Gasteiger partial charge in [0, 0.05) is 30.7 Å². The van der Waals surface area contributed by atoms with Crippen LogP contribution in [0, 0.1) is 0 Å². The van der Waals surface area contributed by atoms with Gasteiger partial charge < -0.3 is 9.64 Å². The van der Waals surface area contributed by atoms with Crippen LogP contribution in [0.4, 0.5) is 0 Å². The molecule has 22 heavy (non-hydrogen) atoms. The number of ether oxygens (including phenoxy) is 1. The molecule has 3 rings (SSSR count). The second-order valence-corrected chi connectivity index (χ2v) is 5.76. The minimum Gasteiger partial charge on any atom is -0.488 e. The summed E-state index contributed by atoms with van der Waals surface area (Å²) in [5.74, 6) is 0.752. The Morgan fingerprint density at radius 3 is 3.09 bits per heavy atom. The average molecular weight is 320 g/mol. The van der Waals surface area contributed by atoms with Crippen molar-refractivity contribution in [2.75, 3.05) is 13.1 Å². The van der Waals surface area contributed by atoms with E-state index in [0.717, 1.165) is 18.7 Å². The molecule has 0 aliphatic carbocycles. The maximum atomic E-state index is 12.4. The standard InChI is InChI=1S/C16H18ClN3O2/c1-2-20-10-12(9-18-20)16(21)19-7-6-15(11-19)22-14-5-3-4-13(17)8-14/h3-5,8-10,15H,2,6-7,11H2,1H3/t15-/m1/s1. The van der Waals surface area contributed by atoms with Crippen LogP contribution in [0.2, 0.25) is 5.02 Å². The van der Waals surface area contributed by atoms with Crippen molar-refractivity contribution in [2.45, 2.75) is 26.0 Å². The molecule has 0 spiro atoms. The normalized spacial score (nSPS) is 17.7. The highest BCUT2D eigenvalue weighted by Crippen LogP contribution is 2.22. The maximum absolute atomic E-state index is 12.4. The summed E-state index contributed by atoms with van der Waals surface area (Å²) in [4.78, 5) is 14.2. The highest BCUT2D eigenvalue weighted by molar-refractivity contribution is 6.30. The van der Waals surface area contributed by atoms with E-state index in [1.165, 1.54) is 0 Å². The number of hydrogen-bond acceptors (Lipinski definition) is 3. The molecule has 5 nitrogen and oxygen atoms in total. The molecule has 2 heterocycles. The molecular formula is C16H18ClN3O2. The summed E-state index contributed by atoms with van der Waals surface area (Å²) in [7, 11) is 0. The first-order valence-corrected chi connectivity index (χ1v) is 7.77. The van der Waals surface area contributed by atoms with Gasteiger partial charge in [-0.15, -0.1) is 0 Å². The lowest BCUT2D eigenvalue weighted by molar-refractivity contribution is 0.0772. The molecule has 1 amide bonds. The molecule has 0 radical (unpaired) electrons. The molecule has 1 aliphatic heterocycles. The third kappa shape index (κ3) is 3.25. The molecule has 0 unspecified atom stereocenters. The maximum Gasteiger partial charge on any atom is 0.257 e. The number of aromatic nitrogens is 2. The summed E-state index contributed by atoms with van der Waals surface area (Å²) in [5, 5.41) is 4.80. The minimum atomic E-state index is 0.00337. The summed E-state index contributed by atoms with van der Waals surface area (Å²) in [6, 6.07) is 7.33. The Morgan fingerprint density at radius 2 is 2.36 bits per heavy atom. The zero-order chi connectivity index (χ0) is 15.5. The number of carbonyl (C=O) groups excluding carboxylic acids is 1. The SMILES string of the molecule is CCn1cc(C(=O)N2CC[C@@H](Oc3cccc(Cl)c3)C2)cn1. The molecule has 0 saturated carbocycles. The van der Waals surface area contributed by atoms with Crippen LogP contribution >= 0.6 is 11.6 Å². The van der Waals surface area contributed by atoms with Crippen molar-refractivity contribution < 1.29 is 9.53 Å². The number of halogens is 1. The van der Waals surface area contributed by atoms with E-state index in [4.69, 9.17) is 16.3 Å². The van der Waals surface area contributed by atoms with Gasteiger partial charge in [-0.05, 0) is 25.1 Å². The first-order valence-electron chi connectivity index (χ1n) is 7.39. The number of nitrogens with zero attached hydrogens (tertiary/aromatic N) is 3. The van der Waals surface area contributed by atoms with Crippen molar-refractivity contribution >= 4 is 17.5 Å². The van der Waals surface area contributed by atoms with E-state index in [1.54, 1.807) is 23.1 Å². The number of rotatable bonds is 4. The molecule has 1 fully saturated rings. The van der Waals surface area contributed by atoms with Gasteiger partial charge in [0.15, 0.2) is 0 Å². The monoisotopic (exact) mass is 319 g/mol. The van der Waals surface area contributed by atoms with E-state index in [9.17, 15) is 4.79 Å². The minimum absolute atomic E-state index is 0.00337. The second-order valence-electron chi connectivity index (χ2n) is 5.32. The van der Waals surface area contributed by atoms with Gasteiger partial charge in [0.2, 0.25) is 0 Å². The first-order chi connectivity index (χ1) is 10.7. The van der Waals surface area contributed by atoms with Crippen LogP contribution in [0.3, 0.4) is 0 Å². The van der Waals surface area contributed by atoms with Gasteiger partial charge >= 0.3 is 0 Å². The van der Waals surface area contributed by atoms with Gasteiger partial charge in [0.25, 0.3) is 5.91 Å². The summed E-state index contributed by atoms with van der Waals surface area (Å²) in [6.45, 7) is 4.03. The molecule has 116 valence electrons. The summed E-state index contributed by atoms with van der Waals surface area (Å²) >= 11 is 5.95. The average Bonchev–Trinajstić information content (AvgIpc) is 3.15. The molecular weight excluding hydrogens is 302 g/mol. The Kier molecular flexibility index (Phi) is 4.34. The molecule has 0 N–H and O–H groups in total. The highest BCUT2D eigenvalue weighted by Gasteiger charge is 2.28. The quantitative estimate of drug-likeness (QED) is 0.870. The van der Waals surface area contributed by atoms with Crippen molar-refractivity contribution in [1.82, 2.24) is 14.7 Å². The molecule has 1 aliphatic rings. The second kappa shape index (κ2) is 6.40. The topological polar surface area (TPSA) is 47.4 Å². The van der Waals surface area contributed by atoms with Crippen molar-refractivity contribution in [3.8, 4) is 5.75 Å². The molecule has 1 saturated heterocycles. The third-order valence-corrected chi connectivity index (χ3v) is 3.97. The third-order valence-electron chi connectivity index (χ3n) is 3.74. The Bertz CT molecular complexity index is 671. The first kappa shape index (κ1) is 14.9. The van der Waals surface area contributed by atoms with E-state index in [1.807, 2.05) is 30.0 Å². The van der Waals surface area contributed by atoms with Crippen molar-refractivity contribution in [2.24, 2.45) is 0 Å². The van der Waals surface area contributed by atoms with Crippen LogP contribution in [-0.2, 0) is 6.54 Å². The molecule has 1 aromatic carbocycles. The molecule has 1 aromatic heterocycles. The fraction of sp³-hybridized carbons (Fsp3) is 0.375. The van der Waals surface area contributed by atoms with Crippen LogP contribution in [0.5, 0.6) is 5.75 Å². The number of hydrogen-bond donors (Lipinski definition) is 0. The lowest BCUT2D eigenvalue weighted by atomic mass is 10.3. The lowest BCUT2D eigenvalue weighted by Crippen LogP contribution is -2.30. The number of likely N-dealkylation sites (tertiary alicyclic amines) is 1. The number of aryl methyl sites for hydroxylation is 1. The fourth-order valence-electron chi connectivity index (χ4n) is 2.57. The van der Waals surface area contributed by atoms with Crippen LogP contribution in [0.25, 0.3) is 0 Å². The van der Waals surface area contributed by atoms with Crippen LogP contribution in [0.15, 0.2) is 36.7 Å². The summed E-state index contributed by atoms with van der Waals surface area (Å²) in [5.41, 5.74) is 0.630.